The molecule has 0 bridgehead atoms. The van der Waals surface area contributed by atoms with Gasteiger partial charge < -0.3 is 4.57 Å². The first-order valence-electron chi connectivity index (χ1n) is 7.67. The van der Waals surface area contributed by atoms with E-state index in [9.17, 15) is 8.78 Å². The number of imidazole rings is 1. The average molecular weight is 329 g/mol. The molecule has 0 spiro atoms. The Bertz CT molecular complexity index is 831. The third-order valence-electron chi connectivity index (χ3n) is 3.62. The number of rotatable bonds is 6. The third-order valence-corrected chi connectivity index (χ3v) is 3.62. The number of nitrogens with zero attached hydrogens (tertiary/aromatic N) is 5. The summed E-state index contributed by atoms with van der Waals surface area (Å²) in [4.78, 5) is 16.7. The Labute approximate surface area is 138 Å². The van der Waals surface area contributed by atoms with Crippen molar-refractivity contribution in [2.24, 2.45) is 0 Å². The van der Waals surface area contributed by atoms with Gasteiger partial charge >= 0.3 is 0 Å². The molecule has 3 aromatic rings. The number of halogens is 2. The fraction of sp³-hybridized carbons (Fsp3) is 0.294. The van der Waals surface area contributed by atoms with Crippen molar-refractivity contribution in [3.05, 3.63) is 59.8 Å². The second kappa shape index (κ2) is 7.25. The first kappa shape index (κ1) is 16.2. The van der Waals surface area contributed by atoms with Crippen LogP contribution < -0.4 is 0 Å². The molecule has 124 valence electrons. The lowest BCUT2D eigenvalue weighted by molar-refractivity contribution is 0.472. The van der Waals surface area contributed by atoms with Crippen LogP contribution in [-0.2, 0) is 13.0 Å². The minimum atomic E-state index is -0.460. The minimum Gasteiger partial charge on any atom is -0.324 e. The lowest BCUT2D eigenvalue weighted by atomic mass is 10.1. The van der Waals surface area contributed by atoms with Crippen LogP contribution in [0.4, 0.5) is 8.78 Å². The summed E-state index contributed by atoms with van der Waals surface area (Å²) in [6, 6.07) is 3.26. The molecule has 0 fully saturated rings. The second-order valence-electron chi connectivity index (χ2n) is 5.50. The SMILES string of the molecule is Cc1cc(Cn2ccnc2-c2ncc(CCCF)cc2F)ncn1. The number of pyridine rings is 1. The summed E-state index contributed by atoms with van der Waals surface area (Å²) in [6.07, 6.45) is 7.26. The molecule has 7 heteroatoms. The highest BCUT2D eigenvalue weighted by molar-refractivity contribution is 5.51. The highest BCUT2D eigenvalue weighted by Gasteiger charge is 2.14. The van der Waals surface area contributed by atoms with Gasteiger partial charge in [0.15, 0.2) is 11.6 Å². The van der Waals surface area contributed by atoms with Crippen LogP contribution >= 0.6 is 0 Å². The molecule has 0 atom stereocenters. The maximum atomic E-state index is 14.4. The number of hydrogen-bond acceptors (Lipinski definition) is 4. The molecule has 0 radical (unpaired) electrons. The lowest BCUT2D eigenvalue weighted by Gasteiger charge is -2.09. The fourth-order valence-corrected chi connectivity index (χ4v) is 2.47. The van der Waals surface area contributed by atoms with Crippen molar-refractivity contribution in [3.8, 4) is 11.5 Å². The van der Waals surface area contributed by atoms with Gasteiger partial charge in [0, 0.05) is 24.3 Å². The maximum Gasteiger partial charge on any atom is 0.162 e. The zero-order valence-electron chi connectivity index (χ0n) is 13.3. The van der Waals surface area contributed by atoms with Crippen molar-refractivity contribution >= 4 is 0 Å². The van der Waals surface area contributed by atoms with Gasteiger partial charge in [0.1, 0.15) is 12.0 Å². The molecule has 0 aliphatic heterocycles. The zero-order chi connectivity index (χ0) is 16.9. The smallest absolute Gasteiger partial charge is 0.162 e. The van der Waals surface area contributed by atoms with E-state index < -0.39 is 12.5 Å². The predicted octanol–water partition coefficient (Wildman–Crippen LogP) is 3.13. The molecule has 0 aliphatic rings. The molecule has 5 nitrogen and oxygen atoms in total. The van der Waals surface area contributed by atoms with Crippen LogP contribution in [-0.4, -0.2) is 31.2 Å². The van der Waals surface area contributed by atoms with Crippen LogP contribution in [0.2, 0.25) is 0 Å². The molecule has 3 rings (SSSR count). The topological polar surface area (TPSA) is 56.5 Å². The second-order valence-corrected chi connectivity index (χ2v) is 5.50. The molecule has 0 aliphatic carbocycles. The monoisotopic (exact) mass is 329 g/mol. The molecular formula is C17H17F2N5. The summed E-state index contributed by atoms with van der Waals surface area (Å²) in [5, 5.41) is 0. The Morgan fingerprint density at radius 1 is 1.12 bits per heavy atom. The van der Waals surface area contributed by atoms with Gasteiger partial charge in [-0.3, -0.25) is 4.39 Å². The van der Waals surface area contributed by atoms with Crippen molar-refractivity contribution in [2.45, 2.75) is 26.3 Å². The van der Waals surface area contributed by atoms with Gasteiger partial charge in [0.25, 0.3) is 0 Å². The van der Waals surface area contributed by atoms with Gasteiger partial charge in [-0.25, -0.2) is 24.3 Å². The highest BCUT2D eigenvalue weighted by atomic mass is 19.1. The number of alkyl halides is 1. The lowest BCUT2D eigenvalue weighted by Crippen LogP contribution is -2.06. The van der Waals surface area contributed by atoms with E-state index in [0.717, 1.165) is 11.4 Å². The number of hydrogen-bond donors (Lipinski definition) is 0. The van der Waals surface area contributed by atoms with E-state index in [1.807, 2.05) is 13.0 Å². The minimum absolute atomic E-state index is 0.176. The van der Waals surface area contributed by atoms with Gasteiger partial charge in [0.05, 0.1) is 18.9 Å². The molecule has 0 saturated carbocycles. The molecular weight excluding hydrogens is 312 g/mol. The highest BCUT2D eigenvalue weighted by Crippen LogP contribution is 2.21. The van der Waals surface area contributed by atoms with Gasteiger partial charge in [0.2, 0.25) is 0 Å². The summed E-state index contributed by atoms with van der Waals surface area (Å²) < 4.78 is 28.4. The van der Waals surface area contributed by atoms with Gasteiger partial charge in [-0.15, -0.1) is 0 Å². The fourth-order valence-electron chi connectivity index (χ4n) is 2.47. The Hall–Kier alpha value is -2.70. The predicted molar refractivity (Wildman–Crippen MR) is 85.6 cm³/mol. The van der Waals surface area contributed by atoms with Crippen LogP contribution in [0.25, 0.3) is 11.5 Å². The number of aromatic nitrogens is 5. The summed E-state index contributed by atoms with van der Waals surface area (Å²) in [5.74, 6) is -0.0292. The van der Waals surface area contributed by atoms with Crippen molar-refractivity contribution in [1.29, 1.82) is 0 Å². The largest absolute Gasteiger partial charge is 0.324 e. The van der Waals surface area contributed by atoms with Crippen LogP contribution in [0, 0.1) is 12.7 Å². The Morgan fingerprint density at radius 3 is 2.75 bits per heavy atom. The normalized spacial score (nSPS) is 11.0. The van der Waals surface area contributed by atoms with Crippen molar-refractivity contribution in [3.63, 3.8) is 0 Å². The van der Waals surface area contributed by atoms with Gasteiger partial charge in [-0.1, -0.05) is 0 Å². The van der Waals surface area contributed by atoms with E-state index in [1.54, 1.807) is 23.2 Å². The molecule has 0 saturated heterocycles. The Kier molecular flexibility index (Phi) is 4.88. The van der Waals surface area contributed by atoms with E-state index in [2.05, 4.69) is 19.9 Å². The molecule has 0 N–H and O–H groups in total. The first-order chi connectivity index (χ1) is 11.7. The summed E-state index contributed by atoms with van der Waals surface area (Å²) in [7, 11) is 0. The summed E-state index contributed by atoms with van der Waals surface area (Å²) in [5.41, 5.74) is 2.53. The van der Waals surface area contributed by atoms with Gasteiger partial charge in [-0.05, 0) is 37.5 Å². The molecule has 0 aromatic carbocycles. The maximum absolute atomic E-state index is 14.4. The van der Waals surface area contributed by atoms with Crippen LogP contribution in [0.15, 0.2) is 37.1 Å². The van der Waals surface area contributed by atoms with E-state index in [1.165, 1.54) is 12.4 Å². The summed E-state index contributed by atoms with van der Waals surface area (Å²) >= 11 is 0. The quantitative estimate of drug-likeness (QED) is 0.697. The van der Waals surface area contributed by atoms with Gasteiger partial charge in [-0.2, -0.15) is 0 Å². The standard InChI is InChI=1S/C17H17F2N5/c1-12-7-14(23-11-22-12)10-24-6-5-20-17(24)16-15(19)8-13(9-21-16)3-2-4-18/h5-9,11H,2-4,10H2,1H3. The Balaban J connectivity index is 1.87. The molecule has 0 unspecified atom stereocenters. The number of aryl methyl sites for hydroxylation is 2. The Morgan fingerprint density at radius 2 is 2.00 bits per heavy atom. The van der Waals surface area contributed by atoms with Crippen LogP contribution in [0.3, 0.4) is 0 Å². The van der Waals surface area contributed by atoms with Crippen molar-refractivity contribution < 1.29 is 8.78 Å². The molecule has 3 heterocycles. The van der Waals surface area contributed by atoms with E-state index >= 15 is 0 Å². The van der Waals surface area contributed by atoms with E-state index in [-0.39, 0.29) is 5.69 Å². The van der Waals surface area contributed by atoms with Crippen molar-refractivity contribution in [1.82, 2.24) is 24.5 Å². The van der Waals surface area contributed by atoms with Crippen LogP contribution in [0.5, 0.6) is 0 Å². The average Bonchev–Trinajstić information content (AvgIpc) is 3.01. The van der Waals surface area contributed by atoms with Crippen molar-refractivity contribution in [2.75, 3.05) is 6.67 Å². The third kappa shape index (κ3) is 3.61. The molecule has 24 heavy (non-hydrogen) atoms. The first-order valence-corrected chi connectivity index (χ1v) is 7.67. The molecule has 3 aromatic heterocycles. The van der Waals surface area contributed by atoms with Crippen LogP contribution in [0.1, 0.15) is 23.4 Å². The zero-order valence-corrected chi connectivity index (χ0v) is 13.3. The van der Waals surface area contributed by atoms with E-state index in [4.69, 9.17) is 0 Å². The summed E-state index contributed by atoms with van der Waals surface area (Å²) in [6.45, 7) is 1.91. The molecule has 0 amide bonds. The van der Waals surface area contributed by atoms with E-state index in [0.29, 0.717) is 30.8 Å².